The van der Waals surface area contributed by atoms with Crippen molar-refractivity contribution in [2.75, 3.05) is 0 Å². The van der Waals surface area contributed by atoms with Crippen molar-refractivity contribution in [3.63, 3.8) is 0 Å². The van der Waals surface area contributed by atoms with E-state index in [1.165, 1.54) is 18.4 Å². The maximum Gasteiger partial charge on any atom is 0.0298 e. The van der Waals surface area contributed by atoms with E-state index in [0.717, 1.165) is 0 Å². The lowest BCUT2D eigenvalue weighted by molar-refractivity contribution is 1.50. The van der Waals surface area contributed by atoms with Gasteiger partial charge in [-0.3, -0.25) is 0 Å². The SMILES string of the molecule is C#CC=C=C1CC1. The lowest BCUT2D eigenvalue weighted by Crippen LogP contribution is -1.36. The Morgan fingerprint density at radius 3 is 2.71 bits per heavy atom. The smallest absolute Gasteiger partial charge is 0.0298 e. The number of allylic oxidation sites excluding steroid dienone is 1. The molecule has 0 aromatic rings. The summed E-state index contributed by atoms with van der Waals surface area (Å²) in [4.78, 5) is 0. The summed E-state index contributed by atoms with van der Waals surface area (Å²) in [5.74, 6) is 2.38. The summed E-state index contributed by atoms with van der Waals surface area (Å²) in [6.07, 6.45) is 8.96. The van der Waals surface area contributed by atoms with Gasteiger partial charge in [0.1, 0.15) is 0 Å². The van der Waals surface area contributed by atoms with Crippen LogP contribution >= 0.6 is 0 Å². The Bertz CT molecular complexity index is 155. The molecular weight excluding hydrogens is 84.1 g/mol. The molecule has 0 nitrogen and oxygen atoms in total. The molecule has 0 unspecified atom stereocenters. The van der Waals surface area contributed by atoms with Crippen LogP contribution in [0.3, 0.4) is 0 Å². The van der Waals surface area contributed by atoms with Crippen molar-refractivity contribution in [1.29, 1.82) is 0 Å². The molecule has 0 bridgehead atoms. The first kappa shape index (κ1) is 4.24. The average Bonchev–Trinajstić information content (AvgIpc) is 2.42. The normalized spacial score (nSPS) is 14.4. The zero-order valence-corrected chi connectivity index (χ0v) is 4.07. The third-order valence-corrected chi connectivity index (χ3v) is 0.860. The van der Waals surface area contributed by atoms with Crippen molar-refractivity contribution in [1.82, 2.24) is 0 Å². The Morgan fingerprint density at radius 1 is 1.57 bits per heavy atom. The molecule has 0 heteroatoms. The summed E-state index contributed by atoms with van der Waals surface area (Å²) >= 11 is 0. The molecule has 1 aliphatic carbocycles. The van der Waals surface area contributed by atoms with Crippen LogP contribution in [0.4, 0.5) is 0 Å². The van der Waals surface area contributed by atoms with E-state index < -0.39 is 0 Å². The van der Waals surface area contributed by atoms with Crippen LogP contribution in [0.5, 0.6) is 0 Å². The van der Waals surface area contributed by atoms with Crippen molar-refractivity contribution in [3.05, 3.63) is 17.4 Å². The topological polar surface area (TPSA) is 0 Å². The van der Waals surface area contributed by atoms with Crippen LogP contribution in [0.15, 0.2) is 17.4 Å². The van der Waals surface area contributed by atoms with Crippen LogP contribution < -0.4 is 0 Å². The number of rotatable bonds is 0. The number of hydrogen-bond donors (Lipinski definition) is 0. The van der Waals surface area contributed by atoms with E-state index in [2.05, 4.69) is 11.7 Å². The van der Waals surface area contributed by atoms with Gasteiger partial charge >= 0.3 is 0 Å². The van der Waals surface area contributed by atoms with Gasteiger partial charge in [0.2, 0.25) is 0 Å². The first-order valence-corrected chi connectivity index (χ1v) is 2.32. The summed E-state index contributed by atoms with van der Waals surface area (Å²) in [5, 5.41) is 0. The van der Waals surface area contributed by atoms with Gasteiger partial charge in [-0.2, -0.15) is 0 Å². The molecule has 0 aromatic heterocycles. The van der Waals surface area contributed by atoms with E-state index in [4.69, 9.17) is 6.42 Å². The fourth-order valence-electron chi connectivity index (χ4n) is 0.351. The fourth-order valence-corrected chi connectivity index (χ4v) is 0.351. The predicted molar refractivity (Wildman–Crippen MR) is 29.7 cm³/mol. The van der Waals surface area contributed by atoms with Gasteiger partial charge in [0, 0.05) is 6.08 Å². The van der Waals surface area contributed by atoms with Crippen LogP contribution in [0.2, 0.25) is 0 Å². The molecule has 0 saturated heterocycles. The maximum atomic E-state index is 4.92. The minimum absolute atomic E-state index is 1.21. The van der Waals surface area contributed by atoms with Gasteiger partial charge < -0.3 is 0 Å². The Kier molecular flexibility index (Phi) is 1.02. The van der Waals surface area contributed by atoms with Crippen molar-refractivity contribution >= 4 is 0 Å². The van der Waals surface area contributed by atoms with E-state index in [-0.39, 0.29) is 0 Å². The largest absolute Gasteiger partial charge is 0.115 e. The Hall–Kier alpha value is -0.920. The lowest BCUT2D eigenvalue weighted by Gasteiger charge is -1.52. The van der Waals surface area contributed by atoms with E-state index >= 15 is 0 Å². The van der Waals surface area contributed by atoms with Gasteiger partial charge in [-0.1, -0.05) is 5.92 Å². The van der Waals surface area contributed by atoms with Crippen LogP contribution in [0, 0.1) is 12.3 Å². The first-order chi connectivity index (χ1) is 3.43. The molecule has 7 heavy (non-hydrogen) atoms. The minimum Gasteiger partial charge on any atom is -0.115 e. The summed E-state index contributed by atoms with van der Waals surface area (Å²) in [7, 11) is 0. The third kappa shape index (κ3) is 1.30. The molecule has 0 aromatic carbocycles. The second kappa shape index (κ2) is 1.69. The lowest BCUT2D eigenvalue weighted by atomic mass is 10.5. The van der Waals surface area contributed by atoms with Crippen LogP contribution in [0.1, 0.15) is 12.8 Å². The van der Waals surface area contributed by atoms with Gasteiger partial charge in [-0.15, -0.1) is 12.2 Å². The van der Waals surface area contributed by atoms with Crippen LogP contribution in [-0.2, 0) is 0 Å². The predicted octanol–water partition coefficient (Wildman–Crippen LogP) is 1.49. The molecule has 1 aliphatic rings. The van der Waals surface area contributed by atoms with Crippen LogP contribution in [-0.4, -0.2) is 0 Å². The summed E-state index contributed by atoms with van der Waals surface area (Å²) in [6.45, 7) is 0. The van der Waals surface area contributed by atoms with Gasteiger partial charge in [-0.25, -0.2) is 0 Å². The second-order valence-electron chi connectivity index (χ2n) is 1.56. The fraction of sp³-hybridized carbons (Fsp3) is 0.286. The Balaban J connectivity index is 2.63. The highest BCUT2D eigenvalue weighted by Gasteiger charge is 2.07. The van der Waals surface area contributed by atoms with Gasteiger partial charge in [0.15, 0.2) is 0 Å². The van der Waals surface area contributed by atoms with Gasteiger partial charge in [-0.05, 0) is 18.4 Å². The Labute approximate surface area is 43.5 Å². The quantitative estimate of drug-likeness (QED) is 0.312. The summed E-state index contributed by atoms with van der Waals surface area (Å²) in [6, 6.07) is 0. The molecule has 1 fully saturated rings. The molecule has 1 saturated carbocycles. The molecule has 0 N–H and O–H groups in total. The van der Waals surface area contributed by atoms with Gasteiger partial charge in [0.05, 0.1) is 0 Å². The van der Waals surface area contributed by atoms with Crippen LogP contribution in [0.25, 0.3) is 0 Å². The second-order valence-corrected chi connectivity index (χ2v) is 1.56. The molecule has 0 heterocycles. The van der Waals surface area contributed by atoms with Crippen molar-refractivity contribution < 1.29 is 0 Å². The van der Waals surface area contributed by atoms with Gasteiger partial charge in [0.25, 0.3) is 0 Å². The highest BCUT2D eigenvalue weighted by Crippen LogP contribution is 2.25. The van der Waals surface area contributed by atoms with E-state index in [9.17, 15) is 0 Å². The van der Waals surface area contributed by atoms with E-state index in [0.29, 0.717) is 0 Å². The molecule has 1 rings (SSSR count). The number of hydrogen-bond acceptors (Lipinski definition) is 0. The number of terminal acetylenes is 1. The highest BCUT2D eigenvalue weighted by molar-refractivity contribution is 5.20. The van der Waals surface area contributed by atoms with Crippen molar-refractivity contribution in [2.45, 2.75) is 12.8 Å². The molecule has 0 aliphatic heterocycles. The van der Waals surface area contributed by atoms with Crippen molar-refractivity contribution in [3.8, 4) is 12.3 Å². The zero-order valence-electron chi connectivity index (χ0n) is 4.07. The van der Waals surface area contributed by atoms with E-state index in [1.807, 2.05) is 0 Å². The van der Waals surface area contributed by atoms with Crippen molar-refractivity contribution in [2.24, 2.45) is 0 Å². The highest BCUT2D eigenvalue weighted by atomic mass is 14.1. The average molecular weight is 90.1 g/mol. The molecule has 0 amide bonds. The zero-order chi connectivity index (χ0) is 5.11. The summed E-state index contributed by atoms with van der Waals surface area (Å²) < 4.78 is 0. The van der Waals surface area contributed by atoms with E-state index in [1.54, 1.807) is 6.08 Å². The molecule has 0 atom stereocenters. The molecule has 0 spiro atoms. The molecule has 34 valence electrons. The monoisotopic (exact) mass is 90.0 g/mol. The first-order valence-electron chi connectivity index (χ1n) is 2.32. The minimum atomic E-state index is 1.21. The molecule has 0 radical (unpaired) electrons. The standard InChI is InChI=1S/C7H6/c1-2-3-4-7-5-6-7/h1,3H,5-6H2. The summed E-state index contributed by atoms with van der Waals surface area (Å²) in [5.41, 5.74) is 4.32. The Morgan fingerprint density at radius 2 is 2.29 bits per heavy atom. The maximum absolute atomic E-state index is 4.92. The molecular formula is C7H6. The third-order valence-electron chi connectivity index (χ3n) is 0.860.